The molecule has 0 saturated heterocycles. The van der Waals surface area contributed by atoms with Gasteiger partial charge in [0.15, 0.2) is 0 Å². The van der Waals surface area contributed by atoms with Crippen molar-refractivity contribution in [1.82, 2.24) is 5.32 Å². The van der Waals surface area contributed by atoms with E-state index in [4.69, 9.17) is 35.2 Å². The lowest BCUT2D eigenvalue weighted by Crippen LogP contribution is -2.33. The Morgan fingerprint density at radius 1 is 0.732 bits per heavy atom. The summed E-state index contributed by atoms with van der Waals surface area (Å²) in [6, 6.07) is 19.5. The highest BCUT2D eigenvalue weighted by molar-refractivity contribution is 6.00. The van der Waals surface area contributed by atoms with E-state index in [-0.39, 0.29) is 18.9 Å². The summed E-state index contributed by atoms with van der Waals surface area (Å²) in [7, 11) is 0. The maximum atomic E-state index is 11.8. The lowest BCUT2D eigenvalue weighted by Gasteiger charge is -2.17. The van der Waals surface area contributed by atoms with E-state index in [0.717, 1.165) is 39.5 Å². The van der Waals surface area contributed by atoms with E-state index >= 15 is 0 Å². The normalized spacial score (nSPS) is 11.9. The first-order chi connectivity index (χ1) is 20.2. The maximum absolute atomic E-state index is 11.8. The summed E-state index contributed by atoms with van der Waals surface area (Å²) >= 11 is 0. The topological polar surface area (TPSA) is 144 Å². The summed E-state index contributed by atoms with van der Waals surface area (Å²) in [5.74, 6) is 0.479. The van der Waals surface area contributed by atoms with Crippen molar-refractivity contribution in [3.63, 3.8) is 0 Å². The highest BCUT2D eigenvalue weighted by atomic mass is 16.6. The van der Waals surface area contributed by atoms with E-state index in [1.165, 1.54) is 0 Å². The van der Waals surface area contributed by atoms with Crippen LogP contribution in [0.2, 0.25) is 0 Å². The van der Waals surface area contributed by atoms with Gasteiger partial charge in [0.1, 0.15) is 18.6 Å². The van der Waals surface area contributed by atoms with Crippen molar-refractivity contribution < 1.29 is 33.3 Å². The molecule has 1 unspecified atom stereocenters. The summed E-state index contributed by atoms with van der Waals surface area (Å²) in [6.45, 7) is 4.82. The molecular weight excluding hydrogens is 526 g/mol. The number of ether oxygens (including phenoxy) is 5. The zero-order valence-corrected chi connectivity index (χ0v) is 23.4. The second kappa shape index (κ2) is 18.9. The van der Waals surface area contributed by atoms with Gasteiger partial charge in [-0.3, -0.25) is 4.79 Å². The fraction of sp³-hybridized carbons (Fsp3) is 0.419. The molecule has 222 valence electrons. The quantitative estimate of drug-likeness (QED) is 0.131. The van der Waals surface area contributed by atoms with Crippen molar-refractivity contribution in [3.8, 4) is 16.9 Å². The van der Waals surface area contributed by atoms with E-state index in [0.29, 0.717) is 66.0 Å². The van der Waals surface area contributed by atoms with Crippen LogP contribution in [0.25, 0.3) is 21.9 Å². The van der Waals surface area contributed by atoms with Crippen LogP contribution in [0.15, 0.2) is 60.7 Å². The molecule has 1 atom stereocenters. The molecule has 41 heavy (non-hydrogen) atoms. The molecule has 0 heterocycles. The number of hydrogen-bond donors (Lipinski definition) is 3. The van der Waals surface area contributed by atoms with Crippen molar-refractivity contribution in [1.29, 1.82) is 0 Å². The summed E-state index contributed by atoms with van der Waals surface area (Å²) < 4.78 is 27.8. The number of carbonyl (C=O) groups is 2. The fourth-order valence-electron chi connectivity index (χ4n) is 4.23. The van der Waals surface area contributed by atoms with Gasteiger partial charge < -0.3 is 45.3 Å². The van der Waals surface area contributed by atoms with Crippen LogP contribution in [-0.2, 0) is 28.5 Å². The van der Waals surface area contributed by atoms with Crippen molar-refractivity contribution in [2.45, 2.75) is 12.5 Å². The molecule has 1 amide bonds. The number of nitrogens with two attached hydrogens (primary N) is 2. The van der Waals surface area contributed by atoms with Gasteiger partial charge in [-0.1, -0.05) is 54.6 Å². The molecule has 0 aliphatic rings. The standard InChI is InChI=1S/C31H41N3O7/c32-12-14-37-15-16-38-17-18-39-19-20-40-21-22-41-30-10-9-26(27-3-1-2-4-28(27)30)24-5-7-25(8-6-24)29(11-13-35)34-31(36)23-33/h1-10,13,29H,11-12,14-23,32-33H2,(H,34,36). The van der Waals surface area contributed by atoms with Gasteiger partial charge in [0.05, 0.1) is 65.4 Å². The molecule has 0 fully saturated rings. The van der Waals surface area contributed by atoms with Gasteiger partial charge in [-0.2, -0.15) is 0 Å². The van der Waals surface area contributed by atoms with E-state index in [9.17, 15) is 9.59 Å². The van der Waals surface area contributed by atoms with Crippen LogP contribution in [-0.4, -0.2) is 84.7 Å². The minimum absolute atomic E-state index is 0.127. The molecule has 3 rings (SSSR count). The summed E-state index contributed by atoms with van der Waals surface area (Å²) in [4.78, 5) is 22.9. The Kier molecular flexibility index (Phi) is 14.8. The SMILES string of the molecule is NCCOCCOCCOCCOCCOc1ccc(-c2ccc(C(CC=O)NC(=O)CN)cc2)c2ccccc12. The number of fused-ring (bicyclic) bond motifs is 1. The Labute approximate surface area is 241 Å². The van der Waals surface area contributed by atoms with Crippen LogP contribution >= 0.6 is 0 Å². The zero-order chi connectivity index (χ0) is 29.1. The molecule has 0 aliphatic heterocycles. The molecule has 0 bridgehead atoms. The summed E-state index contributed by atoms with van der Waals surface area (Å²) in [5, 5.41) is 4.85. The Hall–Kier alpha value is -3.38. The maximum Gasteiger partial charge on any atom is 0.234 e. The van der Waals surface area contributed by atoms with Crippen molar-refractivity contribution >= 4 is 23.0 Å². The molecule has 3 aromatic rings. The average Bonchev–Trinajstić information content (AvgIpc) is 3.01. The van der Waals surface area contributed by atoms with E-state index in [2.05, 4.69) is 11.4 Å². The molecule has 5 N–H and O–H groups in total. The minimum atomic E-state index is -0.412. The molecule has 0 aliphatic carbocycles. The third-order valence-electron chi connectivity index (χ3n) is 6.22. The fourth-order valence-corrected chi connectivity index (χ4v) is 4.23. The first-order valence-electron chi connectivity index (χ1n) is 13.9. The summed E-state index contributed by atoms with van der Waals surface area (Å²) in [5.41, 5.74) is 13.7. The van der Waals surface area contributed by atoms with Crippen LogP contribution < -0.4 is 21.5 Å². The van der Waals surface area contributed by atoms with E-state index < -0.39 is 6.04 Å². The first kappa shape index (κ1) is 32.1. The largest absolute Gasteiger partial charge is 0.491 e. The third kappa shape index (κ3) is 10.8. The average molecular weight is 568 g/mol. The Morgan fingerprint density at radius 3 is 1.90 bits per heavy atom. The molecule has 10 heteroatoms. The number of rotatable bonds is 21. The zero-order valence-electron chi connectivity index (χ0n) is 23.4. The van der Waals surface area contributed by atoms with E-state index in [1.54, 1.807) is 0 Å². The van der Waals surface area contributed by atoms with Crippen LogP contribution in [0.1, 0.15) is 18.0 Å². The molecule has 0 radical (unpaired) electrons. The second-order valence-corrected chi connectivity index (χ2v) is 9.09. The monoisotopic (exact) mass is 567 g/mol. The lowest BCUT2D eigenvalue weighted by molar-refractivity contribution is -0.120. The van der Waals surface area contributed by atoms with Gasteiger partial charge in [-0.05, 0) is 28.1 Å². The van der Waals surface area contributed by atoms with E-state index in [1.807, 2.05) is 54.6 Å². The smallest absolute Gasteiger partial charge is 0.234 e. The van der Waals surface area contributed by atoms with Gasteiger partial charge in [0, 0.05) is 18.4 Å². The van der Waals surface area contributed by atoms with Gasteiger partial charge in [-0.15, -0.1) is 0 Å². The number of hydrogen-bond acceptors (Lipinski definition) is 9. The molecule has 3 aromatic carbocycles. The third-order valence-corrected chi connectivity index (χ3v) is 6.22. The lowest BCUT2D eigenvalue weighted by atomic mass is 9.95. The number of benzene rings is 3. The van der Waals surface area contributed by atoms with Gasteiger partial charge in [-0.25, -0.2) is 0 Å². The van der Waals surface area contributed by atoms with Crippen molar-refractivity contribution in [2.75, 3.05) is 72.6 Å². The summed E-state index contributed by atoms with van der Waals surface area (Å²) in [6.07, 6.45) is 0.972. The molecule has 0 aromatic heterocycles. The van der Waals surface area contributed by atoms with Gasteiger partial charge in [0.2, 0.25) is 5.91 Å². The highest BCUT2D eigenvalue weighted by Gasteiger charge is 2.14. The van der Waals surface area contributed by atoms with Crippen LogP contribution in [0, 0.1) is 0 Å². The number of nitrogens with one attached hydrogen (secondary N) is 1. The number of carbonyl (C=O) groups excluding carboxylic acids is 2. The van der Waals surface area contributed by atoms with Gasteiger partial charge >= 0.3 is 0 Å². The first-order valence-corrected chi connectivity index (χ1v) is 13.9. The molecular formula is C31H41N3O7. The van der Waals surface area contributed by atoms with Crippen molar-refractivity contribution in [3.05, 3.63) is 66.2 Å². The molecule has 0 spiro atoms. The Bertz CT molecular complexity index is 1190. The molecule has 10 nitrogen and oxygen atoms in total. The van der Waals surface area contributed by atoms with Crippen LogP contribution in [0.4, 0.5) is 0 Å². The Balaban J connectivity index is 1.47. The predicted molar refractivity (Wildman–Crippen MR) is 158 cm³/mol. The van der Waals surface area contributed by atoms with Crippen LogP contribution in [0.5, 0.6) is 5.75 Å². The second-order valence-electron chi connectivity index (χ2n) is 9.09. The van der Waals surface area contributed by atoms with Gasteiger partial charge in [0.25, 0.3) is 0 Å². The number of aldehydes is 1. The predicted octanol–water partition coefficient (Wildman–Crippen LogP) is 2.62. The van der Waals surface area contributed by atoms with Crippen molar-refractivity contribution in [2.24, 2.45) is 11.5 Å². The highest BCUT2D eigenvalue weighted by Crippen LogP contribution is 2.35. The Morgan fingerprint density at radius 2 is 1.32 bits per heavy atom. The number of amides is 1. The molecule has 0 saturated carbocycles. The minimum Gasteiger partial charge on any atom is -0.491 e. The van der Waals surface area contributed by atoms with Crippen LogP contribution in [0.3, 0.4) is 0 Å².